The minimum absolute atomic E-state index is 0.100. The summed E-state index contributed by atoms with van der Waals surface area (Å²) < 4.78 is 0. The molecule has 3 heteroatoms. The third-order valence-corrected chi connectivity index (χ3v) is 4.85. The number of aliphatic hydroxyl groups is 2. The minimum atomic E-state index is -0.833. The van der Waals surface area contributed by atoms with Gasteiger partial charge in [-0.1, -0.05) is 25.7 Å². The fourth-order valence-electron chi connectivity index (χ4n) is 3.66. The second-order valence-corrected chi connectivity index (χ2v) is 5.86. The first-order chi connectivity index (χ1) is 8.23. The predicted octanol–water partition coefficient (Wildman–Crippen LogP) is 1.91. The van der Waals surface area contributed by atoms with Crippen molar-refractivity contribution in [2.24, 2.45) is 17.3 Å². The number of rotatable bonds is 3. The molecule has 0 amide bonds. The largest absolute Gasteiger partial charge is 0.395 e. The maximum atomic E-state index is 12.5. The average molecular weight is 240 g/mol. The monoisotopic (exact) mass is 240 g/mol. The summed E-state index contributed by atoms with van der Waals surface area (Å²) in [5, 5.41) is 18.9. The van der Waals surface area contributed by atoms with Crippen LogP contribution in [0.1, 0.15) is 51.4 Å². The fourth-order valence-corrected chi connectivity index (χ4v) is 3.66. The van der Waals surface area contributed by atoms with Crippen molar-refractivity contribution in [2.45, 2.75) is 51.4 Å². The molecule has 2 fully saturated rings. The highest BCUT2D eigenvalue weighted by molar-refractivity contribution is 5.88. The third kappa shape index (κ3) is 2.41. The molecule has 0 aromatic rings. The van der Waals surface area contributed by atoms with Gasteiger partial charge in [0.2, 0.25) is 0 Å². The first-order valence-electron chi connectivity index (χ1n) is 6.99. The molecule has 0 spiro atoms. The van der Waals surface area contributed by atoms with Gasteiger partial charge in [0.05, 0.1) is 18.6 Å². The van der Waals surface area contributed by atoms with E-state index in [2.05, 4.69) is 0 Å². The maximum Gasteiger partial charge on any atom is 0.146 e. The molecule has 2 rings (SSSR count). The molecule has 0 aromatic heterocycles. The van der Waals surface area contributed by atoms with Crippen molar-refractivity contribution in [3.05, 3.63) is 0 Å². The molecule has 17 heavy (non-hydrogen) atoms. The van der Waals surface area contributed by atoms with Crippen molar-refractivity contribution in [2.75, 3.05) is 13.2 Å². The van der Waals surface area contributed by atoms with Gasteiger partial charge < -0.3 is 10.2 Å². The van der Waals surface area contributed by atoms with Crippen LogP contribution in [-0.4, -0.2) is 29.2 Å². The molecule has 0 bridgehead atoms. The quantitative estimate of drug-likeness (QED) is 0.792. The Balaban J connectivity index is 2.09. The summed E-state index contributed by atoms with van der Waals surface area (Å²) in [6, 6.07) is 0. The van der Waals surface area contributed by atoms with Gasteiger partial charge in [0.15, 0.2) is 0 Å². The van der Waals surface area contributed by atoms with E-state index in [1.165, 1.54) is 19.3 Å². The van der Waals surface area contributed by atoms with Crippen LogP contribution in [0.3, 0.4) is 0 Å². The summed E-state index contributed by atoms with van der Waals surface area (Å²) in [6.45, 7) is -0.378. The number of carbonyl (C=O) groups excluding carboxylic acids is 1. The van der Waals surface area contributed by atoms with Gasteiger partial charge in [-0.25, -0.2) is 0 Å². The van der Waals surface area contributed by atoms with Crippen molar-refractivity contribution in [3.8, 4) is 0 Å². The van der Waals surface area contributed by atoms with E-state index < -0.39 is 5.41 Å². The first-order valence-corrected chi connectivity index (χ1v) is 6.99. The summed E-state index contributed by atoms with van der Waals surface area (Å²) >= 11 is 0. The highest BCUT2D eigenvalue weighted by atomic mass is 16.3. The van der Waals surface area contributed by atoms with Crippen LogP contribution in [0.15, 0.2) is 0 Å². The predicted molar refractivity (Wildman–Crippen MR) is 65.5 cm³/mol. The zero-order valence-corrected chi connectivity index (χ0v) is 10.5. The van der Waals surface area contributed by atoms with Gasteiger partial charge in [0.1, 0.15) is 5.78 Å². The Kier molecular flexibility index (Phi) is 4.21. The van der Waals surface area contributed by atoms with Gasteiger partial charge in [0, 0.05) is 5.92 Å². The molecule has 3 nitrogen and oxygen atoms in total. The molecule has 1 atom stereocenters. The number of hydrogen-bond donors (Lipinski definition) is 2. The van der Waals surface area contributed by atoms with E-state index in [1.807, 2.05) is 0 Å². The summed E-state index contributed by atoms with van der Waals surface area (Å²) in [5.74, 6) is 0.748. The Morgan fingerprint density at radius 2 is 1.65 bits per heavy atom. The van der Waals surface area contributed by atoms with Gasteiger partial charge in [-0.2, -0.15) is 0 Å². The van der Waals surface area contributed by atoms with E-state index in [0.29, 0.717) is 12.3 Å². The molecule has 0 radical (unpaired) electrons. The van der Waals surface area contributed by atoms with E-state index in [4.69, 9.17) is 0 Å². The van der Waals surface area contributed by atoms with E-state index in [9.17, 15) is 15.0 Å². The van der Waals surface area contributed by atoms with Crippen molar-refractivity contribution in [3.63, 3.8) is 0 Å². The molecule has 2 saturated carbocycles. The number of carbonyl (C=O) groups is 1. The SMILES string of the molecule is O=C1[C@@H](C2CCCCC2)CCCC1(CO)CO. The van der Waals surface area contributed by atoms with E-state index in [0.717, 1.165) is 25.7 Å². The molecule has 2 aliphatic rings. The average Bonchev–Trinajstić information content (AvgIpc) is 2.40. The molecule has 0 saturated heterocycles. The van der Waals surface area contributed by atoms with Crippen molar-refractivity contribution >= 4 is 5.78 Å². The molecule has 0 unspecified atom stereocenters. The Bertz CT molecular complexity index is 265. The highest BCUT2D eigenvalue weighted by Crippen LogP contribution is 2.42. The normalized spacial score (nSPS) is 30.5. The molecular formula is C14H24O3. The smallest absolute Gasteiger partial charge is 0.146 e. The van der Waals surface area contributed by atoms with Crippen molar-refractivity contribution in [1.82, 2.24) is 0 Å². The number of Topliss-reactive ketones (excluding diaryl/α,β-unsaturated/α-hetero) is 1. The Morgan fingerprint density at radius 3 is 2.24 bits per heavy atom. The van der Waals surface area contributed by atoms with Crippen LogP contribution in [-0.2, 0) is 4.79 Å². The van der Waals surface area contributed by atoms with Crippen LogP contribution in [0.5, 0.6) is 0 Å². The van der Waals surface area contributed by atoms with Crippen molar-refractivity contribution in [1.29, 1.82) is 0 Å². The number of ketones is 1. The number of hydrogen-bond acceptors (Lipinski definition) is 3. The van der Waals surface area contributed by atoms with E-state index in [1.54, 1.807) is 0 Å². The van der Waals surface area contributed by atoms with Gasteiger partial charge >= 0.3 is 0 Å². The minimum Gasteiger partial charge on any atom is -0.395 e. The zero-order chi connectivity index (χ0) is 12.3. The lowest BCUT2D eigenvalue weighted by atomic mass is 9.63. The second-order valence-electron chi connectivity index (χ2n) is 5.86. The van der Waals surface area contributed by atoms with Crippen LogP contribution in [0.2, 0.25) is 0 Å². The molecule has 0 heterocycles. The topological polar surface area (TPSA) is 57.5 Å². The van der Waals surface area contributed by atoms with E-state index in [-0.39, 0.29) is 24.9 Å². The Morgan fingerprint density at radius 1 is 1.00 bits per heavy atom. The summed E-state index contributed by atoms with van der Waals surface area (Å²) in [4.78, 5) is 12.5. The summed E-state index contributed by atoms with van der Waals surface area (Å²) in [6.07, 6.45) is 8.66. The number of aliphatic hydroxyl groups excluding tert-OH is 2. The summed E-state index contributed by atoms with van der Waals surface area (Å²) in [7, 11) is 0. The molecule has 0 aliphatic heterocycles. The molecular weight excluding hydrogens is 216 g/mol. The molecule has 0 aromatic carbocycles. The summed E-state index contributed by atoms with van der Waals surface area (Å²) in [5.41, 5.74) is -0.833. The lowest BCUT2D eigenvalue weighted by Crippen LogP contribution is -2.47. The molecule has 2 aliphatic carbocycles. The van der Waals surface area contributed by atoms with Gasteiger partial charge in [-0.05, 0) is 31.6 Å². The van der Waals surface area contributed by atoms with Gasteiger partial charge in [-0.15, -0.1) is 0 Å². The van der Waals surface area contributed by atoms with Crippen molar-refractivity contribution < 1.29 is 15.0 Å². The van der Waals surface area contributed by atoms with Crippen LogP contribution >= 0.6 is 0 Å². The third-order valence-electron chi connectivity index (χ3n) is 4.85. The zero-order valence-electron chi connectivity index (χ0n) is 10.5. The molecule has 98 valence electrons. The van der Waals surface area contributed by atoms with E-state index >= 15 is 0 Å². The van der Waals surface area contributed by atoms with Crippen LogP contribution in [0, 0.1) is 17.3 Å². The Labute approximate surface area is 103 Å². The van der Waals surface area contributed by atoms with Crippen LogP contribution in [0.25, 0.3) is 0 Å². The highest BCUT2D eigenvalue weighted by Gasteiger charge is 2.46. The lowest BCUT2D eigenvalue weighted by Gasteiger charge is -2.40. The van der Waals surface area contributed by atoms with Crippen LogP contribution in [0.4, 0.5) is 0 Å². The second kappa shape index (κ2) is 5.49. The van der Waals surface area contributed by atoms with Gasteiger partial charge in [0.25, 0.3) is 0 Å². The Hall–Kier alpha value is -0.410. The molecule has 2 N–H and O–H groups in total. The fraction of sp³-hybridized carbons (Fsp3) is 0.929. The standard InChI is InChI=1S/C14H24O3/c15-9-14(10-16)8-4-7-12(13(14)17)11-5-2-1-3-6-11/h11-12,15-16H,1-10H2/t12-/m1/s1. The van der Waals surface area contributed by atoms with Gasteiger partial charge in [-0.3, -0.25) is 4.79 Å². The van der Waals surface area contributed by atoms with Crippen LogP contribution < -0.4 is 0 Å². The maximum absolute atomic E-state index is 12.5. The lowest BCUT2D eigenvalue weighted by molar-refractivity contribution is -0.145. The first kappa shape index (κ1) is 13.0.